The number of ketones is 1. The summed E-state index contributed by atoms with van der Waals surface area (Å²) in [5, 5.41) is 13.3. The van der Waals surface area contributed by atoms with Crippen LogP contribution < -0.4 is 0 Å². The van der Waals surface area contributed by atoms with Gasteiger partial charge in [-0.05, 0) is 168 Å². The van der Waals surface area contributed by atoms with E-state index < -0.39 is 5.41 Å². The maximum Gasteiger partial charge on any atom is 0.227 e. The number of aliphatic hydroxyl groups excluding tert-OH is 1. The van der Waals surface area contributed by atoms with Crippen LogP contribution in [0.25, 0.3) is 100 Å². The molecule has 4 heterocycles. The topological polar surface area (TPSA) is 89.1 Å². The second kappa shape index (κ2) is 21.0. The number of aromatic nitrogens is 3. The summed E-state index contributed by atoms with van der Waals surface area (Å²) >= 11 is 0. The largest absolute Gasteiger partial charge is 0.512 e. The highest BCUT2D eigenvalue weighted by molar-refractivity contribution is 6.08. The second-order valence-corrected chi connectivity index (χ2v) is 20.8. The summed E-state index contributed by atoms with van der Waals surface area (Å²) in [6, 6.07) is 58.4. The van der Waals surface area contributed by atoms with Gasteiger partial charge in [-0.3, -0.25) is 14.8 Å². The molecule has 4 aromatic heterocycles. The van der Waals surface area contributed by atoms with Crippen molar-refractivity contribution >= 4 is 27.9 Å². The number of allylic oxidation sites excluding steroid dienone is 2. The number of rotatable bonds is 15. The molecule has 6 heteroatoms. The monoisotopic (exact) mass is 981 g/mol. The van der Waals surface area contributed by atoms with E-state index in [0.717, 1.165) is 151 Å². The van der Waals surface area contributed by atoms with Crippen molar-refractivity contribution in [2.45, 2.75) is 86.0 Å². The molecule has 0 radical (unpaired) electrons. The van der Waals surface area contributed by atoms with Gasteiger partial charge in [0.25, 0.3) is 0 Å². The predicted octanol–water partition coefficient (Wildman–Crippen LogP) is 18.3. The van der Waals surface area contributed by atoms with Crippen LogP contribution in [0.4, 0.5) is 0 Å². The van der Waals surface area contributed by atoms with Crippen molar-refractivity contribution < 1.29 is 14.3 Å². The Morgan fingerprint density at radius 2 is 1.17 bits per heavy atom. The van der Waals surface area contributed by atoms with Gasteiger partial charge in [0.05, 0.1) is 17.1 Å². The summed E-state index contributed by atoms with van der Waals surface area (Å²) in [6.07, 6.45) is 12.3. The van der Waals surface area contributed by atoms with Gasteiger partial charge in [-0.15, -0.1) is 0 Å². The molecule has 75 heavy (non-hydrogen) atoms. The first-order valence-corrected chi connectivity index (χ1v) is 26.8. The van der Waals surface area contributed by atoms with Gasteiger partial charge < -0.3 is 9.52 Å². The van der Waals surface area contributed by atoms with E-state index in [2.05, 4.69) is 190 Å². The minimum Gasteiger partial charge on any atom is -0.512 e. The summed E-state index contributed by atoms with van der Waals surface area (Å²) in [6.45, 7) is 10.4. The van der Waals surface area contributed by atoms with Gasteiger partial charge in [-0.2, -0.15) is 0 Å². The Morgan fingerprint density at radius 1 is 0.587 bits per heavy atom. The molecule has 1 unspecified atom stereocenters. The van der Waals surface area contributed by atoms with Crippen molar-refractivity contribution in [2.75, 3.05) is 0 Å². The fraction of sp³-hybridized carbons (Fsp3) is 0.217. The highest BCUT2D eigenvalue weighted by Crippen LogP contribution is 2.46. The van der Waals surface area contributed by atoms with Crippen molar-refractivity contribution in [1.29, 1.82) is 0 Å². The molecule has 372 valence electrons. The smallest absolute Gasteiger partial charge is 0.227 e. The van der Waals surface area contributed by atoms with E-state index >= 15 is 0 Å². The SMILES string of the molecule is CCCC(CC)/C(O)=C/C(=O)C1(Cc2ccccc2-c2cc(-c3ccccc3-c3ccc(-c4cc(C)c(C)cn4)cc3)cc(-c3ccccc3-c3ccc(-c4cccc5c4oc4nc(C)ccc45)nc3)c2)CCCC1. The number of aliphatic hydroxyl groups is 1. The van der Waals surface area contributed by atoms with Crippen LogP contribution >= 0.6 is 0 Å². The third-order valence-electron chi connectivity index (χ3n) is 15.9. The number of benzene rings is 6. The van der Waals surface area contributed by atoms with Crippen LogP contribution in [-0.2, 0) is 11.2 Å². The number of para-hydroxylation sites is 1. The number of aryl methyl sites for hydroxylation is 3. The number of nitrogens with zero attached hydrogens (tertiary/aromatic N) is 3. The molecule has 1 atom stereocenters. The molecule has 6 aromatic carbocycles. The number of fused-ring (bicyclic) bond motifs is 3. The van der Waals surface area contributed by atoms with Crippen LogP contribution in [0.5, 0.6) is 0 Å². The van der Waals surface area contributed by atoms with Crippen LogP contribution in [0.15, 0.2) is 192 Å². The maximum atomic E-state index is 14.6. The first-order valence-electron chi connectivity index (χ1n) is 26.8. The number of carbonyl (C=O) groups is 1. The Kier molecular flexibility index (Phi) is 13.7. The third kappa shape index (κ3) is 9.74. The molecule has 6 nitrogen and oxygen atoms in total. The van der Waals surface area contributed by atoms with E-state index in [1.54, 1.807) is 6.08 Å². The van der Waals surface area contributed by atoms with Crippen LogP contribution in [0, 0.1) is 32.1 Å². The van der Waals surface area contributed by atoms with Crippen molar-refractivity contribution in [3.05, 3.63) is 210 Å². The summed E-state index contributed by atoms with van der Waals surface area (Å²) in [5.41, 5.74) is 19.9. The molecule has 1 N–H and O–H groups in total. The molecule has 1 aliphatic rings. The van der Waals surface area contributed by atoms with E-state index in [1.165, 1.54) is 11.1 Å². The molecule has 0 spiro atoms. The standard InChI is InChI=1S/C69H63N3O3/c1-6-17-47(7-2)65(73)40-66(74)69(34-14-15-35-69)41-50-18-8-9-19-55(50)52-37-53(58-22-12-10-20-56(58)48-27-29-49(30-28-48)64-36-44(3)45(4)42-70-64)39-54(38-52)59-23-13-11-21-57(59)51-31-33-63(71-43-51)62-25-16-24-60-61-32-26-46(5)72-68(61)75-67(60)62/h8-13,16,18-33,36-40,42-43,47,73H,6-7,14-15,17,34-35,41H2,1-5H3/b65-40-. The highest BCUT2D eigenvalue weighted by atomic mass is 16.3. The Labute approximate surface area is 440 Å². The van der Waals surface area contributed by atoms with E-state index in [-0.39, 0.29) is 17.5 Å². The molecule has 10 aromatic rings. The number of furan rings is 1. The third-order valence-corrected chi connectivity index (χ3v) is 15.9. The summed E-state index contributed by atoms with van der Waals surface area (Å²) in [5.74, 6) is 0.285. The lowest BCUT2D eigenvalue weighted by atomic mass is 9.74. The second-order valence-electron chi connectivity index (χ2n) is 20.8. The average Bonchev–Trinajstić information content (AvgIpc) is 4.09. The van der Waals surface area contributed by atoms with Gasteiger partial charge in [0.2, 0.25) is 5.71 Å². The summed E-state index contributed by atoms with van der Waals surface area (Å²) in [4.78, 5) is 29.1. The molecule has 1 saturated carbocycles. The zero-order chi connectivity index (χ0) is 51.6. The van der Waals surface area contributed by atoms with E-state index in [0.29, 0.717) is 12.1 Å². The van der Waals surface area contributed by atoms with Gasteiger partial charge >= 0.3 is 0 Å². The number of hydrogen-bond donors (Lipinski definition) is 1. The molecule has 0 bridgehead atoms. The number of hydrogen-bond acceptors (Lipinski definition) is 6. The van der Waals surface area contributed by atoms with E-state index in [9.17, 15) is 9.90 Å². The van der Waals surface area contributed by atoms with Crippen LogP contribution in [0.2, 0.25) is 0 Å². The molecule has 1 fully saturated rings. The predicted molar refractivity (Wildman–Crippen MR) is 308 cm³/mol. The molecular formula is C69H63N3O3. The highest BCUT2D eigenvalue weighted by Gasteiger charge is 2.41. The van der Waals surface area contributed by atoms with Gasteiger partial charge in [-0.25, -0.2) is 4.98 Å². The molecule has 0 saturated heterocycles. The minimum atomic E-state index is -0.585. The lowest BCUT2D eigenvalue weighted by Crippen LogP contribution is -2.30. The lowest BCUT2D eigenvalue weighted by molar-refractivity contribution is -0.123. The Hall–Kier alpha value is -8.22. The zero-order valence-electron chi connectivity index (χ0n) is 43.7. The van der Waals surface area contributed by atoms with E-state index in [4.69, 9.17) is 14.4 Å². The fourth-order valence-electron chi connectivity index (χ4n) is 11.6. The van der Waals surface area contributed by atoms with E-state index in [1.807, 2.05) is 25.4 Å². The Balaban J connectivity index is 1.02. The normalized spacial score (nSPS) is 13.9. The first-order chi connectivity index (χ1) is 36.6. The maximum absolute atomic E-state index is 14.6. The Bertz CT molecular complexity index is 3760. The molecule has 0 aliphatic heterocycles. The minimum absolute atomic E-state index is 0.00231. The van der Waals surface area contributed by atoms with Gasteiger partial charge in [0.1, 0.15) is 5.58 Å². The van der Waals surface area contributed by atoms with Crippen molar-refractivity contribution in [1.82, 2.24) is 15.0 Å². The summed E-state index contributed by atoms with van der Waals surface area (Å²) in [7, 11) is 0. The fourth-order valence-corrected chi connectivity index (χ4v) is 11.6. The summed E-state index contributed by atoms with van der Waals surface area (Å²) < 4.78 is 6.39. The Morgan fingerprint density at radius 3 is 1.81 bits per heavy atom. The molecule has 0 amide bonds. The van der Waals surface area contributed by atoms with Crippen molar-refractivity contribution in [3.8, 4) is 78.1 Å². The first kappa shape index (κ1) is 49.0. The van der Waals surface area contributed by atoms with Gasteiger partial charge in [0.15, 0.2) is 5.78 Å². The van der Waals surface area contributed by atoms with Crippen LogP contribution in [-0.4, -0.2) is 25.8 Å². The van der Waals surface area contributed by atoms with Crippen molar-refractivity contribution in [3.63, 3.8) is 0 Å². The lowest BCUT2D eigenvalue weighted by Gasteiger charge is -2.28. The van der Waals surface area contributed by atoms with Gasteiger partial charge in [-0.1, -0.05) is 148 Å². The molecular weight excluding hydrogens is 919 g/mol. The quantitative estimate of drug-likeness (QED) is 0.0813. The molecule has 1 aliphatic carbocycles. The van der Waals surface area contributed by atoms with Crippen LogP contribution in [0.3, 0.4) is 0 Å². The average molecular weight is 982 g/mol. The van der Waals surface area contributed by atoms with Crippen LogP contribution in [0.1, 0.15) is 81.2 Å². The molecule has 11 rings (SSSR count). The number of carbonyl (C=O) groups excluding carboxylic acids is 1. The number of pyridine rings is 3. The van der Waals surface area contributed by atoms with Crippen molar-refractivity contribution in [2.24, 2.45) is 11.3 Å². The van der Waals surface area contributed by atoms with Gasteiger partial charge in [0, 0.05) is 63.0 Å². The zero-order valence-corrected chi connectivity index (χ0v) is 43.7.